The van der Waals surface area contributed by atoms with E-state index in [1.54, 1.807) is 32.2 Å². The largest absolute Gasteiger partial charge is 0.479 e. The molecule has 128 valence electrons. The summed E-state index contributed by atoms with van der Waals surface area (Å²) in [7, 11) is 0. The van der Waals surface area contributed by atoms with Gasteiger partial charge in [-0.25, -0.2) is 4.79 Å². The van der Waals surface area contributed by atoms with Crippen LogP contribution in [0, 0.1) is 0 Å². The number of Topliss-reactive ketones (excluding diaryl/α,β-unsaturated/α-hetero) is 1. The fourth-order valence-electron chi connectivity index (χ4n) is 2.57. The summed E-state index contributed by atoms with van der Waals surface area (Å²) in [5.74, 6) is -0.259. The van der Waals surface area contributed by atoms with Crippen LogP contribution in [0.25, 0.3) is 10.9 Å². The second kappa shape index (κ2) is 7.21. The first kappa shape index (κ1) is 16.8. The van der Waals surface area contributed by atoms with E-state index in [9.17, 15) is 9.59 Å². The molecule has 2 atom stereocenters. The van der Waals surface area contributed by atoms with Crippen molar-refractivity contribution in [2.24, 2.45) is 0 Å². The average molecular weight is 337 g/mol. The number of hydrogen-bond acceptors (Lipinski definition) is 4. The van der Waals surface area contributed by atoms with Crippen molar-refractivity contribution in [2.45, 2.75) is 26.1 Å². The van der Waals surface area contributed by atoms with Gasteiger partial charge in [-0.3, -0.25) is 4.79 Å². The third kappa shape index (κ3) is 3.71. The molecule has 0 aliphatic heterocycles. The van der Waals surface area contributed by atoms with E-state index in [2.05, 4.69) is 4.98 Å². The van der Waals surface area contributed by atoms with Gasteiger partial charge in [0, 0.05) is 22.7 Å². The van der Waals surface area contributed by atoms with Gasteiger partial charge in [0.1, 0.15) is 5.75 Å². The molecule has 1 N–H and O–H groups in total. The molecule has 0 spiro atoms. The second-order valence-electron chi connectivity index (χ2n) is 5.76. The zero-order valence-corrected chi connectivity index (χ0v) is 14.1. The Morgan fingerprint density at radius 1 is 0.920 bits per heavy atom. The molecule has 3 aromatic rings. The van der Waals surface area contributed by atoms with E-state index in [-0.39, 0.29) is 5.78 Å². The summed E-state index contributed by atoms with van der Waals surface area (Å²) >= 11 is 0. The number of fused-ring (bicyclic) bond motifs is 1. The Balaban J connectivity index is 1.65. The van der Waals surface area contributed by atoms with E-state index < -0.39 is 18.2 Å². The van der Waals surface area contributed by atoms with E-state index in [4.69, 9.17) is 9.47 Å². The van der Waals surface area contributed by atoms with Crippen molar-refractivity contribution in [1.82, 2.24) is 4.98 Å². The smallest absolute Gasteiger partial charge is 0.347 e. The number of benzene rings is 2. The first-order chi connectivity index (χ1) is 12.1. The van der Waals surface area contributed by atoms with Crippen molar-refractivity contribution in [2.75, 3.05) is 0 Å². The van der Waals surface area contributed by atoms with Gasteiger partial charge in [0.05, 0.1) is 0 Å². The molecule has 0 unspecified atom stereocenters. The van der Waals surface area contributed by atoms with Crippen LogP contribution < -0.4 is 4.74 Å². The minimum absolute atomic E-state index is 0.252. The normalized spacial score (nSPS) is 13.2. The van der Waals surface area contributed by atoms with Crippen LogP contribution in [0.15, 0.2) is 60.8 Å². The molecule has 1 aromatic heterocycles. The topological polar surface area (TPSA) is 68.4 Å². The summed E-state index contributed by atoms with van der Waals surface area (Å²) < 4.78 is 10.8. The van der Waals surface area contributed by atoms with Gasteiger partial charge in [-0.2, -0.15) is 0 Å². The van der Waals surface area contributed by atoms with Crippen LogP contribution in [0.4, 0.5) is 0 Å². The number of carbonyl (C=O) groups excluding carboxylic acids is 2. The highest BCUT2D eigenvalue weighted by Gasteiger charge is 2.25. The molecule has 5 heteroatoms. The standard InChI is InChI=1S/C20H19NO4/c1-13(19(22)17-12-21-18-11-7-6-10-16(17)18)25-20(23)14(2)24-15-8-4-3-5-9-15/h3-14,21H,1-2H3/t13-,14+/m1/s1. The van der Waals surface area contributed by atoms with Crippen LogP contribution in [-0.4, -0.2) is 28.9 Å². The number of carbonyl (C=O) groups is 2. The molecule has 0 bridgehead atoms. The number of para-hydroxylation sites is 2. The van der Waals surface area contributed by atoms with Crippen LogP contribution in [0.5, 0.6) is 5.75 Å². The molecule has 0 aliphatic rings. The van der Waals surface area contributed by atoms with Crippen molar-refractivity contribution in [3.05, 3.63) is 66.4 Å². The fourth-order valence-corrected chi connectivity index (χ4v) is 2.57. The third-order valence-electron chi connectivity index (χ3n) is 3.90. The zero-order chi connectivity index (χ0) is 17.8. The molecule has 1 heterocycles. The Labute approximate surface area is 145 Å². The van der Waals surface area contributed by atoms with Gasteiger partial charge in [-0.1, -0.05) is 36.4 Å². The quantitative estimate of drug-likeness (QED) is 0.549. The third-order valence-corrected chi connectivity index (χ3v) is 3.90. The molecule has 0 saturated heterocycles. The maximum absolute atomic E-state index is 12.6. The van der Waals surface area contributed by atoms with E-state index in [1.165, 1.54) is 0 Å². The predicted octanol–water partition coefficient (Wildman–Crippen LogP) is 3.75. The summed E-state index contributed by atoms with van der Waals surface area (Å²) in [6.07, 6.45) is -0.0597. The molecular formula is C20H19NO4. The number of aromatic amines is 1. The molecular weight excluding hydrogens is 318 g/mol. The van der Waals surface area contributed by atoms with E-state index in [0.717, 1.165) is 10.9 Å². The fraction of sp³-hybridized carbons (Fsp3) is 0.200. The molecule has 5 nitrogen and oxygen atoms in total. The summed E-state index contributed by atoms with van der Waals surface area (Å²) in [6, 6.07) is 16.5. The molecule has 3 rings (SSSR count). The summed E-state index contributed by atoms with van der Waals surface area (Å²) in [6.45, 7) is 3.16. The summed E-state index contributed by atoms with van der Waals surface area (Å²) in [4.78, 5) is 27.8. The number of H-pyrrole nitrogens is 1. The Morgan fingerprint density at radius 3 is 2.36 bits per heavy atom. The van der Waals surface area contributed by atoms with Crippen LogP contribution >= 0.6 is 0 Å². The van der Waals surface area contributed by atoms with Gasteiger partial charge in [-0.05, 0) is 32.0 Å². The number of aromatic nitrogens is 1. The summed E-state index contributed by atoms with van der Waals surface area (Å²) in [5.41, 5.74) is 1.37. The highest BCUT2D eigenvalue weighted by atomic mass is 16.6. The van der Waals surface area contributed by atoms with E-state index in [0.29, 0.717) is 11.3 Å². The molecule has 0 saturated carbocycles. The van der Waals surface area contributed by atoms with Gasteiger partial charge in [-0.15, -0.1) is 0 Å². The highest BCUT2D eigenvalue weighted by molar-refractivity contribution is 6.10. The lowest BCUT2D eigenvalue weighted by atomic mass is 10.1. The van der Waals surface area contributed by atoms with Crippen LogP contribution in [-0.2, 0) is 9.53 Å². The van der Waals surface area contributed by atoms with Crippen molar-refractivity contribution in [3.63, 3.8) is 0 Å². The number of esters is 1. The van der Waals surface area contributed by atoms with Gasteiger partial charge in [0.25, 0.3) is 0 Å². The molecule has 0 amide bonds. The minimum atomic E-state index is -0.895. The first-order valence-corrected chi connectivity index (χ1v) is 8.09. The lowest BCUT2D eigenvalue weighted by Gasteiger charge is -2.17. The number of ketones is 1. The van der Waals surface area contributed by atoms with Crippen LogP contribution in [0.3, 0.4) is 0 Å². The van der Waals surface area contributed by atoms with Gasteiger partial charge >= 0.3 is 5.97 Å². The number of rotatable bonds is 6. The van der Waals surface area contributed by atoms with Crippen LogP contribution in [0.1, 0.15) is 24.2 Å². The average Bonchev–Trinajstić information content (AvgIpc) is 3.05. The Kier molecular flexibility index (Phi) is 4.84. The van der Waals surface area contributed by atoms with Crippen molar-refractivity contribution < 1.29 is 19.1 Å². The van der Waals surface area contributed by atoms with E-state index >= 15 is 0 Å². The maximum Gasteiger partial charge on any atom is 0.347 e. The molecule has 0 fully saturated rings. The molecule has 0 radical (unpaired) electrons. The number of nitrogens with one attached hydrogen (secondary N) is 1. The van der Waals surface area contributed by atoms with E-state index in [1.807, 2.05) is 42.5 Å². The van der Waals surface area contributed by atoms with Crippen molar-refractivity contribution in [1.29, 1.82) is 0 Å². The molecule has 2 aromatic carbocycles. The highest BCUT2D eigenvalue weighted by Crippen LogP contribution is 2.20. The van der Waals surface area contributed by atoms with Gasteiger partial charge in [0.15, 0.2) is 12.2 Å². The summed E-state index contributed by atoms with van der Waals surface area (Å²) in [5, 5.41) is 0.809. The molecule has 25 heavy (non-hydrogen) atoms. The number of ether oxygens (including phenoxy) is 2. The monoisotopic (exact) mass is 337 g/mol. The van der Waals surface area contributed by atoms with Crippen molar-refractivity contribution in [3.8, 4) is 5.75 Å². The van der Waals surface area contributed by atoms with Crippen LogP contribution in [0.2, 0.25) is 0 Å². The van der Waals surface area contributed by atoms with Crippen molar-refractivity contribution >= 4 is 22.7 Å². The zero-order valence-electron chi connectivity index (χ0n) is 14.1. The Hall–Kier alpha value is -3.08. The minimum Gasteiger partial charge on any atom is -0.479 e. The van der Waals surface area contributed by atoms with Gasteiger partial charge in [0.2, 0.25) is 5.78 Å². The lowest BCUT2D eigenvalue weighted by Crippen LogP contribution is -2.32. The number of hydrogen-bond donors (Lipinski definition) is 1. The Morgan fingerprint density at radius 2 is 1.60 bits per heavy atom. The molecule has 0 aliphatic carbocycles. The lowest BCUT2D eigenvalue weighted by molar-refractivity contribution is -0.153. The first-order valence-electron chi connectivity index (χ1n) is 8.09. The SMILES string of the molecule is C[C@H](Oc1ccccc1)C(=O)O[C@H](C)C(=O)c1c[nH]c2ccccc12. The van der Waals surface area contributed by atoms with Gasteiger partial charge < -0.3 is 14.5 Å². The maximum atomic E-state index is 12.6. The second-order valence-corrected chi connectivity index (χ2v) is 5.76. The predicted molar refractivity (Wildman–Crippen MR) is 94.7 cm³/mol. The Bertz CT molecular complexity index is 885.